The zero-order valence-corrected chi connectivity index (χ0v) is 11.2. The molecule has 0 saturated heterocycles. The van der Waals surface area contributed by atoms with Gasteiger partial charge >= 0.3 is 0 Å². The number of hydrogen-bond acceptors (Lipinski definition) is 2. The van der Waals surface area contributed by atoms with Gasteiger partial charge in [0.25, 0.3) is 0 Å². The monoisotopic (exact) mass is 291 g/mol. The quantitative estimate of drug-likeness (QED) is 0.875. The highest BCUT2D eigenvalue weighted by atomic mass is 79.9. The maximum Gasteiger partial charge on any atom is 0.0527 e. The molecule has 1 N–H and O–H groups in total. The van der Waals surface area contributed by atoms with E-state index in [1.807, 2.05) is 17.9 Å². The van der Waals surface area contributed by atoms with Gasteiger partial charge in [-0.3, -0.25) is 4.68 Å². The maximum atomic E-state index is 4.27. The minimum Gasteiger partial charge on any atom is -0.385 e. The van der Waals surface area contributed by atoms with Crippen LogP contribution in [0, 0.1) is 0 Å². The second-order valence-corrected chi connectivity index (χ2v) is 5.36. The van der Waals surface area contributed by atoms with E-state index in [0.29, 0.717) is 5.92 Å². The SMILES string of the molecule is Cn1cc(C2CCNc3ccc(Br)cc32)cn1. The highest BCUT2D eigenvalue weighted by Gasteiger charge is 2.22. The topological polar surface area (TPSA) is 29.9 Å². The number of anilines is 1. The van der Waals surface area contributed by atoms with Gasteiger partial charge in [-0.15, -0.1) is 0 Å². The molecule has 0 radical (unpaired) electrons. The molecule has 0 bridgehead atoms. The van der Waals surface area contributed by atoms with Crippen LogP contribution in [0.2, 0.25) is 0 Å². The molecular formula is C13H14BrN3. The summed E-state index contributed by atoms with van der Waals surface area (Å²) in [5.41, 5.74) is 3.90. The van der Waals surface area contributed by atoms with Crippen molar-refractivity contribution < 1.29 is 0 Å². The van der Waals surface area contributed by atoms with E-state index < -0.39 is 0 Å². The lowest BCUT2D eigenvalue weighted by atomic mass is 9.87. The van der Waals surface area contributed by atoms with Crippen molar-refractivity contribution in [1.29, 1.82) is 0 Å². The summed E-state index contributed by atoms with van der Waals surface area (Å²) < 4.78 is 3.00. The lowest BCUT2D eigenvalue weighted by Gasteiger charge is -2.26. The number of fused-ring (bicyclic) bond motifs is 1. The van der Waals surface area contributed by atoms with Crippen molar-refractivity contribution >= 4 is 21.6 Å². The summed E-state index contributed by atoms with van der Waals surface area (Å²) in [6, 6.07) is 6.43. The molecule has 3 rings (SSSR count). The van der Waals surface area contributed by atoms with Crippen molar-refractivity contribution in [3.8, 4) is 0 Å². The molecule has 1 aromatic heterocycles. The van der Waals surface area contributed by atoms with Crippen molar-refractivity contribution in [1.82, 2.24) is 9.78 Å². The van der Waals surface area contributed by atoms with E-state index in [-0.39, 0.29) is 0 Å². The van der Waals surface area contributed by atoms with E-state index in [1.54, 1.807) is 0 Å². The summed E-state index contributed by atoms with van der Waals surface area (Å²) in [4.78, 5) is 0. The number of halogens is 1. The molecular weight excluding hydrogens is 278 g/mol. The molecule has 1 atom stereocenters. The number of hydrogen-bond donors (Lipinski definition) is 1. The molecule has 1 aliphatic heterocycles. The van der Waals surface area contributed by atoms with Crippen LogP contribution >= 0.6 is 15.9 Å². The van der Waals surface area contributed by atoms with Gasteiger partial charge in [-0.05, 0) is 35.7 Å². The van der Waals surface area contributed by atoms with Gasteiger partial charge in [-0.25, -0.2) is 0 Å². The third-order valence-corrected chi connectivity index (χ3v) is 3.76. The predicted octanol–water partition coefficient (Wildman–Crippen LogP) is 3.13. The standard InChI is InChI=1S/C13H14BrN3/c1-17-8-9(7-16-17)11-4-5-15-13-3-2-10(14)6-12(11)13/h2-3,6-8,11,15H,4-5H2,1H3. The number of aromatic nitrogens is 2. The van der Waals surface area contributed by atoms with Gasteiger partial charge in [-0.1, -0.05) is 15.9 Å². The minimum absolute atomic E-state index is 0.456. The Morgan fingerprint density at radius 2 is 2.35 bits per heavy atom. The summed E-state index contributed by atoms with van der Waals surface area (Å²) in [7, 11) is 1.96. The summed E-state index contributed by atoms with van der Waals surface area (Å²) in [6.07, 6.45) is 5.20. The Morgan fingerprint density at radius 1 is 1.47 bits per heavy atom. The molecule has 88 valence electrons. The average Bonchev–Trinajstić information content (AvgIpc) is 2.75. The lowest BCUT2D eigenvalue weighted by molar-refractivity contribution is 0.716. The molecule has 3 nitrogen and oxygen atoms in total. The normalized spacial score (nSPS) is 18.6. The number of nitrogens with one attached hydrogen (secondary N) is 1. The van der Waals surface area contributed by atoms with Crippen LogP contribution in [0.5, 0.6) is 0 Å². The van der Waals surface area contributed by atoms with Gasteiger partial charge in [0.15, 0.2) is 0 Å². The summed E-state index contributed by atoms with van der Waals surface area (Å²) in [5.74, 6) is 0.456. The second kappa shape index (κ2) is 4.18. The Morgan fingerprint density at radius 3 is 3.12 bits per heavy atom. The molecule has 17 heavy (non-hydrogen) atoms. The minimum atomic E-state index is 0.456. The highest BCUT2D eigenvalue weighted by Crippen LogP contribution is 2.37. The number of benzene rings is 1. The smallest absolute Gasteiger partial charge is 0.0527 e. The van der Waals surface area contributed by atoms with Gasteiger partial charge < -0.3 is 5.32 Å². The van der Waals surface area contributed by atoms with Crippen LogP contribution in [0.3, 0.4) is 0 Å². The fraction of sp³-hybridized carbons (Fsp3) is 0.308. The first-order chi connectivity index (χ1) is 8.24. The molecule has 0 saturated carbocycles. The number of nitrogens with zero attached hydrogens (tertiary/aromatic N) is 2. The van der Waals surface area contributed by atoms with Crippen LogP contribution < -0.4 is 5.32 Å². The maximum absolute atomic E-state index is 4.27. The van der Waals surface area contributed by atoms with Crippen LogP contribution in [0.4, 0.5) is 5.69 Å². The first-order valence-electron chi connectivity index (χ1n) is 5.76. The zero-order chi connectivity index (χ0) is 11.8. The van der Waals surface area contributed by atoms with Crippen LogP contribution in [-0.2, 0) is 7.05 Å². The third-order valence-electron chi connectivity index (χ3n) is 3.26. The molecule has 1 aliphatic rings. The summed E-state index contributed by atoms with van der Waals surface area (Å²) in [5, 5.41) is 7.72. The lowest BCUT2D eigenvalue weighted by Crippen LogP contribution is -2.17. The van der Waals surface area contributed by atoms with Crippen LogP contribution in [0.1, 0.15) is 23.5 Å². The van der Waals surface area contributed by atoms with Crippen LogP contribution in [0.25, 0.3) is 0 Å². The first kappa shape index (κ1) is 10.8. The van der Waals surface area contributed by atoms with Crippen molar-refractivity contribution in [3.63, 3.8) is 0 Å². The van der Waals surface area contributed by atoms with Crippen molar-refractivity contribution in [3.05, 3.63) is 46.2 Å². The molecule has 1 unspecified atom stereocenters. The third kappa shape index (κ3) is 1.97. The first-order valence-corrected chi connectivity index (χ1v) is 6.55. The van der Waals surface area contributed by atoms with E-state index in [2.05, 4.69) is 50.7 Å². The molecule has 0 fully saturated rings. The highest BCUT2D eigenvalue weighted by molar-refractivity contribution is 9.10. The Kier molecular flexibility index (Phi) is 2.67. The van der Waals surface area contributed by atoms with Gasteiger partial charge in [0.05, 0.1) is 6.20 Å². The van der Waals surface area contributed by atoms with Crippen LogP contribution in [0.15, 0.2) is 35.1 Å². The van der Waals surface area contributed by atoms with E-state index >= 15 is 0 Å². The van der Waals surface area contributed by atoms with E-state index in [4.69, 9.17) is 0 Å². The molecule has 0 aliphatic carbocycles. The van der Waals surface area contributed by atoms with Crippen LogP contribution in [-0.4, -0.2) is 16.3 Å². The van der Waals surface area contributed by atoms with Gasteiger partial charge in [-0.2, -0.15) is 5.10 Å². The van der Waals surface area contributed by atoms with Gasteiger partial charge in [0.1, 0.15) is 0 Å². The van der Waals surface area contributed by atoms with Crippen molar-refractivity contribution in [2.75, 3.05) is 11.9 Å². The Labute approximate surface area is 109 Å². The zero-order valence-electron chi connectivity index (χ0n) is 9.65. The predicted molar refractivity (Wildman–Crippen MR) is 72.3 cm³/mol. The van der Waals surface area contributed by atoms with Gasteiger partial charge in [0, 0.05) is 35.9 Å². The number of aryl methyl sites for hydroxylation is 1. The second-order valence-electron chi connectivity index (χ2n) is 4.45. The summed E-state index contributed by atoms with van der Waals surface area (Å²) in [6.45, 7) is 1.02. The fourth-order valence-electron chi connectivity index (χ4n) is 2.46. The van der Waals surface area contributed by atoms with Gasteiger partial charge in [0.2, 0.25) is 0 Å². The largest absolute Gasteiger partial charge is 0.385 e. The summed E-state index contributed by atoms with van der Waals surface area (Å²) >= 11 is 3.55. The molecule has 0 amide bonds. The fourth-order valence-corrected chi connectivity index (χ4v) is 2.83. The molecule has 0 spiro atoms. The Bertz CT molecular complexity index is 547. The Balaban J connectivity index is 2.07. The number of rotatable bonds is 1. The van der Waals surface area contributed by atoms with E-state index in [9.17, 15) is 0 Å². The van der Waals surface area contributed by atoms with Crippen molar-refractivity contribution in [2.45, 2.75) is 12.3 Å². The van der Waals surface area contributed by atoms with Crippen molar-refractivity contribution in [2.24, 2.45) is 7.05 Å². The Hall–Kier alpha value is -1.29. The molecule has 2 aromatic rings. The average molecular weight is 292 g/mol. The van der Waals surface area contributed by atoms with E-state index in [0.717, 1.165) is 17.4 Å². The molecule has 1 aromatic carbocycles. The molecule has 2 heterocycles. The molecule has 4 heteroatoms. The van der Waals surface area contributed by atoms with E-state index in [1.165, 1.54) is 16.8 Å².